The van der Waals surface area contributed by atoms with E-state index in [-0.39, 0.29) is 0 Å². The van der Waals surface area contributed by atoms with Crippen molar-refractivity contribution < 1.29 is 9.47 Å². The summed E-state index contributed by atoms with van der Waals surface area (Å²) in [6.45, 7) is 9.36. The molecule has 0 aromatic rings. The standard InChI is InChI=1S/C10H19NO2/c1-8(2)10-5-11(3-4-13-10)9-6-12-7-9/h8-10H,3-7H2,1-2H3. The van der Waals surface area contributed by atoms with Crippen molar-refractivity contribution in [1.29, 1.82) is 0 Å². The molecule has 0 bridgehead atoms. The Hall–Kier alpha value is -0.120. The Bertz CT molecular complexity index is 168. The van der Waals surface area contributed by atoms with Crippen molar-refractivity contribution in [2.75, 3.05) is 32.9 Å². The molecule has 2 saturated heterocycles. The van der Waals surface area contributed by atoms with Gasteiger partial charge in [-0.1, -0.05) is 13.8 Å². The molecule has 0 saturated carbocycles. The first kappa shape index (κ1) is 9.44. The zero-order valence-electron chi connectivity index (χ0n) is 8.53. The minimum atomic E-state index is 0.425. The van der Waals surface area contributed by atoms with E-state index in [1.807, 2.05) is 0 Å². The third kappa shape index (κ3) is 2.03. The second kappa shape index (κ2) is 3.95. The number of ether oxygens (including phenoxy) is 2. The molecule has 0 amide bonds. The van der Waals surface area contributed by atoms with Gasteiger partial charge in [-0.2, -0.15) is 0 Å². The largest absolute Gasteiger partial charge is 0.378 e. The molecule has 2 aliphatic rings. The van der Waals surface area contributed by atoms with Crippen LogP contribution in [-0.2, 0) is 9.47 Å². The molecule has 0 aromatic carbocycles. The number of nitrogens with zero attached hydrogens (tertiary/aromatic N) is 1. The molecule has 2 aliphatic heterocycles. The van der Waals surface area contributed by atoms with Crippen molar-refractivity contribution in [2.45, 2.75) is 26.0 Å². The van der Waals surface area contributed by atoms with Crippen LogP contribution in [0.2, 0.25) is 0 Å². The first-order valence-corrected chi connectivity index (χ1v) is 5.21. The predicted octanol–water partition coefficient (Wildman–Crippen LogP) is 0.742. The van der Waals surface area contributed by atoms with Crippen molar-refractivity contribution in [2.24, 2.45) is 5.92 Å². The number of rotatable bonds is 2. The van der Waals surface area contributed by atoms with Gasteiger partial charge in [0.25, 0.3) is 0 Å². The monoisotopic (exact) mass is 185 g/mol. The van der Waals surface area contributed by atoms with Crippen LogP contribution < -0.4 is 0 Å². The van der Waals surface area contributed by atoms with Gasteiger partial charge in [0.05, 0.1) is 32.0 Å². The summed E-state index contributed by atoms with van der Waals surface area (Å²) >= 11 is 0. The summed E-state index contributed by atoms with van der Waals surface area (Å²) in [7, 11) is 0. The molecule has 0 spiro atoms. The fourth-order valence-corrected chi connectivity index (χ4v) is 1.87. The summed E-state index contributed by atoms with van der Waals surface area (Å²) in [6, 6.07) is 0.671. The lowest BCUT2D eigenvalue weighted by molar-refractivity contribution is -0.122. The summed E-state index contributed by atoms with van der Waals surface area (Å²) in [5.74, 6) is 0.629. The molecule has 2 heterocycles. The summed E-state index contributed by atoms with van der Waals surface area (Å²) in [4.78, 5) is 2.51. The van der Waals surface area contributed by atoms with Gasteiger partial charge in [-0.05, 0) is 5.92 Å². The van der Waals surface area contributed by atoms with Crippen LogP contribution in [-0.4, -0.2) is 50.0 Å². The van der Waals surface area contributed by atoms with Crippen molar-refractivity contribution in [3.8, 4) is 0 Å². The molecule has 76 valence electrons. The maximum atomic E-state index is 5.71. The van der Waals surface area contributed by atoms with Gasteiger partial charge < -0.3 is 9.47 Å². The zero-order chi connectivity index (χ0) is 9.26. The van der Waals surface area contributed by atoms with E-state index in [1.54, 1.807) is 0 Å². The smallest absolute Gasteiger partial charge is 0.0725 e. The van der Waals surface area contributed by atoms with Gasteiger partial charge in [0, 0.05) is 13.1 Å². The number of hydrogen-bond donors (Lipinski definition) is 0. The molecule has 1 atom stereocenters. The van der Waals surface area contributed by atoms with Gasteiger partial charge in [0.1, 0.15) is 0 Å². The SMILES string of the molecule is CC(C)C1CN(C2COC2)CCO1. The van der Waals surface area contributed by atoms with E-state index in [1.165, 1.54) is 0 Å². The number of hydrogen-bond acceptors (Lipinski definition) is 3. The summed E-state index contributed by atoms with van der Waals surface area (Å²) < 4.78 is 10.9. The van der Waals surface area contributed by atoms with Crippen molar-refractivity contribution >= 4 is 0 Å². The van der Waals surface area contributed by atoms with Crippen LogP contribution in [0.5, 0.6) is 0 Å². The molecule has 3 nitrogen and oxygen atoms in total. The van der Waals surface area contributed by atoms with Crippen molar-refractivity contribution in [3.05, 3.63) is 0 Å². The lowest BCUT2D eigenvalue weighted by Gasteiger charge is -2.42. The highest BCUT2D eigenvalue weighted by atomic mass is 16.5. The lowest BCUT2D eigenvalue weighted by atomic mass is 10.0. The first-order valence-electron chi connectivity index (χ1n) is 5.21. The maximum Gasteiger partial charge on any atom is 0.0725 e. The third-order valence-corrected chi connectivity index (χ3v) is 3.01. The van der Waals surface area contributed by atoms with Crippen LogP contribution in [0.4, 0.5) is 0 Å². The Morgan fingerprint density at radius 2 is 2.08 bits per heavy atom. The molecule has 1 unspecified atom stereocenters. The fraction of sp³-hybridized carbons (Fsp3) is 1.00. The molecule has 0 aromatic heterocycles. The molecule has 2 fully saturated rings. The van der Waals surface area contributed by atoms with Crippen LogP contribution in [0.25, 0.3) is 0 Å². The van der Waals surface area contributed by atoms with Gasteiger partial charge >= 0.3 is 0 Å². The Morgan fingerprint density at radius 1 is 1.31 bits per heavy atom. The Labute approximate surface area is 80.0 Å². The van der Waals surface area contributed by atoms with Crippen LogP contribution in [0, 0.1) is 5.92 Å². The van der Waals surface area contributed by atoms with Crippen LogP contribution >= 0.6 is 0 Å². The van der Waals surface area contributed by atoms with Gasteiger partial charge in [-0.25, -0.2) is 0 Å². The van der Waals surface area contributed by atoms with E-state index in [0.29, 0.717) is 18.1 Å². The van der Waals surface area contributed by atoms with Gasteiger partial charge in [-0.3, -0.25) is 4.90 Å². The first-order chi connectivity index (χ1) is 6.27. The van der Waals surface area contributed by atoms with Gasteiger partial charge in [0.15, 0.2) is 0 Å². The molecule has 0 N–H and O–H groups in total. The maximum absolute atomic E-state index is 5.71. The zero-order valence-corrected chi connectivity index (χ0v) is 8.53. The molecular formula is C10H19NO2. The third-order valence-electron chi connectivity index (χ3n) is 3.01. The normalized spacial score (nSPS) is 32.1. The lowest BCUT2D eigenvalue weighted by Crippen LogP contribution is -2.56. The van der Waals surface area contributed by atoms with Crippen molar-refractivity contribution in [1.82, 2.24) is 4.90 Å². The van der Waals surface area contributed by atoms with Gasteiger partial charge in [-0.15, -0.1) is 0 Å². The minimum absolute atomic E-state index is 0.425. The van der Waals surface area contributed by atoms with E-state index in [0.717, 1.165) is 32.9 Å². The highest BCUT2D eigenvalue weighted by molar-refractivity contribution is 4.83. The number of morpholine rings is 1. The summed E-state index contributed by atoms with van der Waals surface area (Å²) in [5, 5.41) is 0. The van der Waals surface area contributed by atoms with Crippen molar-refractivity contribution in [3.63, 3.8) is 0 Å². The van der Waals surface area contributed by atoms with Crippen LogP contribution in [0.15, 0.2) is 0 Å². The van der Waals surface area contributed by atoms with Gasteiger partial charge in [0.2, 0.25) is 0 Å². The molecule has 13 heavy (non-hydrogen) atoms. The molecular weight excluding hydrogens is 166 g/mol. The van der Waals surface area contributed by atoms with Crippen LogP contribution in [0.3, 0.4) is 0 Å². The predicted molar refractivity (Wildman–Crippen MR) is 50.8 cm³/mol. The van der Waals surface area contributed by atoms with E-state index in [9.17, 15) is 0 Å². The second-order valence-electron chi connectivity index (χ2n) is 4.34. The Balaban J connectivity index is 1.84. The van der Waals surface area contributed by atoms with E-state index in [2.05, 4.69) is 18.7 Å². The molecule has 3 heteroatoms. The highest BCUT2D eigenvalue weighted by Gasteiger charge is 2.31. The van der Waals surface area contributed by atoms with E-state index >= 15 is 0 Å². The fourth-order valence-electron chi connectivity index (χ4n) is 1.87. The quantitative estimate of drug-likeness (QED) is 0.633. The molecule has 2 rings (SSSR count). The Morgan fingerprint density at radius 3 is 2.62 bits per heavy atom. The highest BCUT2D eigenvalue weighted by Crippen LogP contribution is 2.18. The molecule has 0 aliphatic carbocycles. The topological polar surface area (TPSA) is 21.7 Å². The van der Waals surface area contributed by atoms with E-state index in [4.69, 9.17) is 9.47 Å². The van der Waals surface area contributed by atoms with E-state index < -0.39 is 0 Å². The Kier molecular flexibility index (Phi) is 2.86. The van der Waals surface area contributed by atoms with Crippen LogP contribution in [0.1, 0.15) is 13.8 Å². The minimum Gasteiger partial charge on any atom is -0.378 e. The second-order valence-corrected chi connectivity index (χ2v) is 4.34. The summed E-state index contributed by atoms with van der Waals surface area (Å²) in [5.41, 5.74) is 0. The molecule has 0 radical (unpaired) electrons. The summed E-state index contributed by atoms with van der Waals surface area (Å²) in [6.07, 6.45) is 0.425. The average Bonchev–Trinajstić information content (AvgIpc) is 2.01. The average molecular weight is 185 g/mol.